The first-order chi connectivity index (χ1) is 11.0. The number of hydrogen-bond acceptors (Lipinski definition) is 4. The monoisotopic (exact) mass is 323 g/mol. The zero-order valence-electron chi connectivity index (χ0n) is 14.0. The van der Waals surface area contributed by atoms with Gasteiger partial charge in [0, 0.05) is 31.5 Å². The Morgan fingerprint density at radius 1 is 1.48 bits per heavy atom. The van der Waals surface area contributed by atoms with Crippen LogP contribution >= 0.6 is 0 Å². The Hall–Kier alpha value is -1.43. The molecule has 128 valence electrons. The smallest absolute Gasteiger partial charge is 0.223 e. The van der Waals surface area contributed by atoms with Crippen molar-refractivity contribution in [1.82, 2.24) is 15.2 Å². The van der Waals surface area contributed by atoms with Crippen LogP contribution in [0.15, 0.2) is 10.8 Å². The topological polar surface area (TPSA) is 58.4 Å². The molecule has 0 spiro atoms. The molecule has 1 aromatic rings. The van der Waals surface area contributed by atoms with Crippen molar-refractivity contribution in [1.29, 1.82) is 0 Å². The number of hydrogen-bond donors (Lipinski definition) is 1. The van der Waals surface area contributed by atoms with Gasteiger partial charge in [-0.15, -0.1) is 0 Å². The number of oxazole rings is 1. The fraction of sp³-hybridized carbons (Fsp3) is 0.765. The number of amides is 1. The molecule has 1 N–H and O–H groups in total. The molecule has 0 bridgehead atoms. The number of nitrogens with one attached hydrogen (secondary N) is 1. The summed E-state index contributed by atoms with van der Waals surface area (Å²) in [6.07, 6.45) is 4.30. The van der Waals surface area contributed by atoms with Crippen LogP contribution in [0.25, 0.3) is 0 Å². The van der Waals surface area contributed by atoms with E-state index in [0.717, 1.165) is 24.3 Å². The van der Waals surface area contributed by atoms with E-state index >= 15 is 0 Å². The lowest BCUT2D eigenvalue weighted by Crippen LogP contribution is -2.48. The van der Waals surface area contributed by atoms with E-state index in [2.05, 4.69) is 29.0 Å². The highest BCUT2D eigenvalue weighted by atomic mass is 19.1. The lowest BCUT2D eigenvalue weighted by Gasteiger charge is -2.36. The molecule has 1 aliphatic heterocycles. The molecule has 2 aliphatic rings. The van der Waals surface area contributed by atoms with Gasteiger partial charge in [0.15, 0.2) is 6.39 Å². The van der Waals surface area contributed by atoms with Crippen LogP contribution in [0.2, 0.25) is 0 Å². The summed E-state index contributed by atoms with van der Waals surface area (Å²) in [5.74, 6) is 1.38. The van der Waals surface area contributed by atoms with Gasteiger partial charge in [-0.3, -0.25) is 9.69 Å². The third-order valence-electron chi connectivity index (χ3n) is 4.85. The number of alkyl halides is 1. The SMILES string of the molecule is CC(C)c1ocnc1CN1CCC(F)(CNC(=O)C2CC2)CC1. The third-order valence-corrected chi connectivity index (χ3v) is 4.85. The van der Waals surface area contributed by atoms with E-state index < -0.39 is 5.67 Å². The molecule has 0 atom stereocenters. The van der Waals surface area contributed by atoms with Crippen molar-refractivity contribution in [3.63, 3.8) is 0 Å². The van der Waals surface area contributed by atoms with Crippen LogP contribution in [-0.4, -0.2) is 41.1 Å². The molecule has 3 rings (SSSR count). The first-order valence-corrected chi connectivity index (χ1v) is 8.58. The van der Waals surface area contributed by atoms with Crippen molar-refractivity contribution in [2.75, 3.05) is 19.6 Å². The van der Waals surface area contributed by atoms with Gasteiger partial charge in [0.05, 0.1) is 12.2 Å². The summed E-state index contributed by atoms with van der Waals surface area (Å²) >= 11 is 0. The number of carbonyl (C=O) groups is 1. The van der Waals surface area contributed by atoms with E-state index in [9.17, 15) is 9.18 Å². The molecule has 1 aliphatic carbocycles. The van der Waals surface area contributed by atoms with E-state index in [1.165, 1.54) is 6.39 Å². The Labute approximate surface area is 136 Å². The summed E-state index contributed by atoms with van der Waals surface area (Å²) in [7, 11) is 0. The number of rotatable bonds is 6. The van der Waals surface area contributed by atoms with Gasteiger partial charge in [0.2, 0.25) is 5.91 Å². The maximum Gasteiger partial charge on any atom is 0.223 e. The number of nitrogens with zero attached hydrogens (tertiary/aromatic N) is 2. The van der Waals surface area contributed by atoms with Crippen LogP contribution in [0.1, 0.15) is 56.9 Å². The Balaban J connectivity index is 1.47. The molecule has 6 heteroatoms. The predicted octanol–water partition coefficient (Wildman–Crippen LogP) is 2.63. The maximum atomic E-state index is 14.8. The molecule has 0 radical (unpaired) electrons. The van der Waals surface area contributed by atoms with E-state index in [4.69, 9.17) is 4.42 Å². The van der Waals surface area contributed by atoms with E-state index in [-0.39, 0.29) is 18.4 Å². The summed E-state index contributed by atoms with van der Waals surface area (Å²) < 4.78 is 20.2. The molecule has 2 heterocycles. The van der Waals surface area contributed by atoms with E-state index in [1.54, 1.807) is 0 Å². The number of likely N-dealkylation sites (tertiary alicyclic amines) is 1. The highest BCUT2D eigenvalue weighted by Gasteiger charge is 2.37. The van der Waals surface area contributed by atoms with Crippen molar-refractivity contribution >= 4 is 5.91 Å². The van der Waals surface area contributed by atoms with Gasteiger partial charge in [-0.1, -0.05) is 13.8 Å². The normalized spacial score (nSPS) is 21.6. The van der Waals surface area contributed by atoms with Crippen molar-refractivity contribution in [3.8, 4) is 0 Å². The van der Waals surface area contributed by atoms with Gasteiger partial charge < -0.3 is 9.73 Å². The second kappa shape index (κ2) is 6.59. The third kappa shape index (κ3) is 4.10. The Kier molecular flexibility index (Phi) is 4.71. The van der Waals surface area contributed by atoms with E-state index in [0.29, 0.717) is 38.4 Å². The van der Waals surface area contributed by atoms with Gasteiger partial charge in [0.25, 0.3) is 0 Å². The molecule has 23 heavy (non-hydrogen) atoms. The van der Waals surface area contributed by atoms with E-state index in [1.807, 2.05) is 0 Å². The minimum Gasteiger partial charge on any atom is -0.448 e. The zero-order valence-corrected chi connectivity index (χ0v) is 14.0. The quantitative estimate of drug-likeness (QED) is 0.874. The average Bonchev–Trinajstić information content (AvgIpc) is 3.27. The molecule has 1 amide bonds. The molecular formula is C17H26FN3O2. The van der Waals surface area contributed by atoms with Gasteiger partial charge in [-0.05, 0) is 25.7 Å². The van der Waals surface area contributed by atoms with Crippen LogP contribution in [0, 0.1) is 5.92 Å². The minimum atomic E-state index is -1.27. The lowest BCUT2D eigenvalue weighted by atomic mass is 9.93. The van der Waals surface area contributed by atoms with Crippen LogP contribution < -0.4 is 5.32 Å². The number of carbonyl (C=O) groups excluding carboxylic acids is 1. The second-order valence-corrected chi connectivity index (χ2v) is 7.24. The number of aromatic nitrogens is 1. The molecule has 0 unspecified atom stereocenters. The highest BCUT2D eigenvalue weighted by molar-refractivity contribution is 5.80. The second-order valence-electron chi connectivity index (χ2n) is 7.24. The lowest BCUT2D eigenvalue weighted by molar-refractivity contribution is -0.123. The molecule has 1 saturated heterocycles. The highest BCUT2D eigenvalue weighted by Crippen LogP contribution is 2.31. The first kappa shape index (κ1) is 16.4. The number of piperidine rings is 1. The van der Waals surface area contributed by atoms with Gasteiger partial charge >= 0.3 is 0 Å². The molecule has 5 nitrogen and oxygen atoms in total. The molecule has 1 saturated carbocycles. The summed E-state index contributed by atoms with van der Waals surface area (Å²) in [6, 6.07) is 0. The van der Waals surface area contributed by atoms with Crippen LogP contribution in [0.4, 0.5) is 4.39 Å². The molecule has 1 aromatic heterocycles. The van der Waals surface area contributed by atoms with Crippen molar-refractivity contribution in [3.05, 3.63) is 17.8 Å². The largest absolute Gasteiger partial charge is 0.448 e. The number of halogens is 1. The van der Waals surface area contributed by atoms with Crippen LogP contribution in [0.3, 0.4) is 0 Å². The molecular weight excluding hydrogens is 297 g/mol. The summed E-state index contributed by atoms with van der Waals surface area (Å²) in [6.45, 7) is 6.37. The Morgan fingerprint density at radius 2 is 2.17 bits per heavy atom. The standard InChI is InChI=1S/C17H26FN3O2/c1-12(2)15-14(20-11-23-15)9-21-7-5-17(18,6-8-21)10-19-16(22)13-3-4-13/h11-13H,3-10H2,1-2H3,(H,19,22). The predicted molar refractivity (Wildman–Crippen MR) is 84.7 cm³/mol. The fourth-order valence-corrected chi connectivity index (χ4v) is 3.10. The van der Waals surface area contributed by atoms with Crippen molar-refractivity contribution < 1.29 is 13.6 Å². The first-order valence-electron chi connectivity index (χ1n) is 8.58. The average molecular weight is 323 g/mol. The maximum absolute atomic E-state index is 14.8. The van der Waals surface area contributed by atoms with Crippen LogP contribution in [-0.2, 0) is 11.3 Å². The summed E-state index contributed by atoms with van der Waals surface area (Å²) in [5, 5.41) is 2.78. The van der Waals surface area contributed by atoms with Gasteiger partial charge in [0.1, 0.15) is 11.4 Å². The summed E-state index contributed by atoms with van der Waals surface area (Å²) in [5.41, 5.74) is -0.320. The molecule has 2 fully saturated rings. The zero-order chi connectivity index (χ0) is 16.4. The van der Waals surface area contributed by atoms with Gasteiger partial charge in [-0.2, -0.15) is 0 Å². The van der Waals surface area contributed by atoms with Crippen molar-refractivity contribution in [2.24, 2.45) is 5.92 Å². The van der Waals surface area contributed by atoms with Crippen LogP contribution in [0.5, 0.6) is 0 Å². The molecule has 0 aromatic carbocycles. The Bertz CT molecular complexity index is 546. The Morgan fingerprint density at radius 3 is 2.78 bits per heavy atom. The summed E-state index contributed by atoms with van der Waals surface area (Å²) in [4.78, 5) is 18.2. The minimum absolute atomic E-state index is 0.0219. The van der Waals surface area contributed by atoms with Gasteiger partial charge in [-0.25, -0.2) is 9.37 Å². The van der Waals surface area contributed by atoms with Crippen molar-refractivity contribution in [2.45, 2.75) is 57.7 Å². The fourth-order valence-electron chi connectivity index (χ4n) is 3.10.